The third-order valence-corrected chi connectivity index (χ3v) is 5.22. The van der Waals surface area contributed by atoms with Crippen LogP contribution in [0.5, 0.6) is 0 Å². The number of amides is 3. The largest absolute Gasteiger partial charge is 0.347 e. The van der Waals surface area contributed by atoms with Gasteiger partial charge in [0.25, 0.3) is 5.91 Å². The zero-order chi connectivity index (χ0) is 21.5. The van der Waals surface area contributed by atoms with E-state index in [0.29, 0.717) is 17.2 Å². The maximum Gasteiger partial charge on any atom is 0.322 e. The van der Waals surface area contributed by atoms with Gasteiger partial charge < -0.3 is 15.5 Å². The minimum atomic E-state index is -0.499. The summed E-state index contributed by atoms with van der Waals surface area (Å²) >= 11 is 1.30. The molecule has 1 aromatic heterocycles. The van der Waals surface area contributed by atoms with Gasteiger partial charge in [-0.3, -0.25) is 4.79 Å². The molecule has 1 heterocycles. The van der Waals surface area contributed by atoms with E-state index >= 15 is 0 Å². The molecule has 156 valence electrons. The number of aromatic nitrogens is 1. The number of nitrogens with zero attached hydrogens (tertiary/aromatic N) is 2. The predicted molar refractivity (Wildman–Crippen MR) is 116 cm³/mol. The number of urea groups is 1. The van der Waals surface area contributed by atoms with Crippen molar-refractivity contribution in [2.75, 3.05) is 5.32 Å². The molecule has 0 saturated carbocycles. The Morgan fingerprint density at radius 3 is 2.50 bits per heavy atom. The number of carbonyl (C=O) groups is 2. The molecule has 8 heteroatoms. The van der Waals surface area contributed by atoms with E-state index in [4.69, 9.17) is 0 Å². The molecule has 0 fully saturated rings. The van der Waals surface area contributed by atoms with Crippen molar-refractivity contribution < 1.29 is 14.0 Å². The quantitative estimate of drug-likeness (QED) is 0.577. The first kappa shape index (κ1) is 21.4. The minimum Gasteiger partial charge on any atom is -0.347 e. The van der Waals surface area contributed by atoms with Gasteiger partial charge >= 0.3 is 6.03 Å². The molecule has 3 rings (SSSR count). The van der Waals surface area contributed by atoms with Crippen molar-refractivity contribution in [3.63, 3.8) is 0 Å². The lowest BCUT2D eigenvalue weighted by atomic mass is 10.2. The molecule has 3 aromatic rings. The smallest absolute Gasteiger partial charge is 0.322 e. The molecular formula is C22H23FN4O2S. The molecule has 2 aromatic carbocycles. The first-order valence-electron chi connectivity index (χ1n) is 9.52. The van der Waals surface area contributed by atoms with Crippen molar-refractivity contribution in [2.45, 2.75) is 33.0 Å². The summed E-state index contributed by atoms with van der Waals surface area (Å²) in [6.07, 6.45) is 0. The van der Waals surface area contributed by atoms with Crippen LogP contribution in [0.3, 0.4) is 0 Å². The van der Waals surface area contributed by atoms with Gasteiger partial charge in [0.05, 0.1) is 12.2 Å². The van der Waals surface area contributed by atoms with Crippen LogP contribution in [0.25, 0.3) is 0 Å². The van der Waals surface area contributed by atoms with Crippen LogP contribution in [0.2, 0.25) is 0 Å². The number of benzene rings is 2. The van der Waals surface area contributed by atoms with Crippen molar-refractivity contribution in [1.29, 1.82) is 0 Å². The lowest BCUT2D eigenvalue weighted by molar-refractivity contribution is 0.0946. The number of nitrogens with one attached hydrogen (secondary N) is 2. The first-order valence-corrected chi connectivity index (χ1v) is 10.4. The van der Waals surface area contributed by atoms with Crippen molar-refractivity contribution >= 4 is 29.0 Å². The van der Waals surface area contributed by atoms with E-state index < -0.39 is 11.8 Å². The number of rotatable bonds is 7. The number of thiazole rings is 1. The molecule has 6 nitrogen and oxygen atoms in total. The average Bonchev–Trinajstić information content (AvgIpc) is 3.21. The van der Waals surface area contributed by atoms with E-state index in [1.807, 2.05) is 44.2 Å². The van der Waals surface area contributed by atoms with Gasteiger partial charge in [0.1, 0.15) is 16.5 Å². The van der Waals surface area contributed by atoms with E-state index in [1.54, 1.807) is 17.5 Å². The topological polar surface area (TPSA) is 74.3 Å². The monoisotopic (exact) mass is 426 g/mol. The van der Waals surface area contributed by atoms with Crippen LogP contribution < -0.4 is 10.6 Å². The zero-order valence-electron chi connectivity index (χ0n) is 16.8. The van der Waals surface area contributed by atoms with Gasteiger partial charge in [-0.25, -0.2) is 14.2 Å². The molecule has 3 amide bonds. The SMILES string of the molecule is CC(C)N(Cc1nc(C(=O)NCc2ccccc2)cs1)C(=O)Nc1ccccc1F. The minimum absolute atomic E-state index is 0.119. The normalized spacial score (nSPS) is 10.7. The number of hydrogen-bond acceptors (Lipinski definition) is 4. The van der Waals surface area contributed by atoms with Crippen LogP contribution in [0.1, 0.15) is 34.9 Å². The van der Waals surface area contributed by atoms with Gasteiger partial charge in [0.2, 0.25) is 0 Å². The number of hydrogen-bond donors (Lipinski definition) is 2. The second-order valence-electron chi connectivity index (χ2n) is 6.93. The third kappa shape index (κ3) is 5.64. The Morgan fingerprint density at radius 2 is 1.80 bits per heavy atom. The summed E-state index contributed by atoms with van der Waals surface area (Å²) in [5.41, 5.74) is 1.43. The fraction of sp³-hybridized carbons (Fsp3) is 0.227. The van der Waals surface area contributed by atoms with Crippen molar-refractivity contribution in [1.82, 2.24) is 15.2 Å². The summed E-state index contributed by atoms with van der Waals surface area (Å²) in [5.74, 6) is -0.769. The van der Waals surface area contributed by atoms with Crippen molar-refractivity contribution in [3.05, 3.63) is 82.1 Å². The van der Waals surface area contributed by atoms with Crippen LogP contribution in [-0.2, 0) is 13.1 Å². The number of anilines is 1. The molecule has 30 heavy (non-hydrogen) atoms. The summed E-state index contributed by atoms with van der Waals surface area (Å²) in [6.45, 7) is 4.36. The lowest BCUT2D eigenvalue weighted by Gasteiger charge is -2.26. The van der Waals surface area contributed by atoms with Gasteiger partial charge in [-0.2, -0.15) is 0 Å². The van der Waals surface area contributed by atoms with Crippen LogP contribution >= 0.6 is 11.3 Å². The van der Waals surface area contributed by atoms with Gasteiger partial charge in [-0.15, -0.1) is 11.3 Å². The maximum atomic E-state index is 13.8. The molecule has 0 aliphatic rings. The second kappa shape index (κ2) is 9.98. The highest BCUT2D eigenvalue weighted by atomic mass is 32.1. The summed E-state index contributed by atoms with van der Waals surface area (Å²) in [5, 5.41) is 7.72. The Labute approximate surface area is 178 Å². The van der Waals surface area contributed by atoms with Gasteiger partial charge in [-0.05, 0) is 31.5 Å². The van der Waals surface area contributed by atoms with E-state index in [1.165, 1.54) is 28.4 Å². The van der Waals surface area contributed by atoms with E-state index in [9.17, 15) is 14.0 Å². The third-order valence-electron chi connectivity index (χ3n) is 4.39. The average molecular weight is 427 g/mol. The number of halogens is 1. The Bertz CT molecular complexity index is 1010. The van der Waals surface area contributed by atoms with Crippen LogP contribution in [0, 0.1) is 5.82 Å². The highest BCUT2D eigenvalue weighted by Crippen LogP contribution is 2.18. The van der Waals surface area contributed by atoms with Crippen LogP contribution in [0.4, 0.5) is 14.9 Å². The van der Waals surface area contributed by atoms with Gasteiger partial charge in [-0.1, -0.05) is 42.5 Å². The fourth-order valence-electron chi connectivity index (χ4n) is 2.74. The maximum absolute atomic E-state index is 13.8. The molecular weight excluding hydrogens is 403 g/mol. The highest BCUT2D eigenvalue weighted by molar-refractivity contribution is 7.09. The van der Waals surface area contributed by atoms with Crippen molar-refractivity contribution in [2.24, 2.45) is 0 Å². The molecule has 0 aliphatic carbocycles. The Morgan fingerprint density at radius 1 is 1.10 bits per heavy atom. The van der Waals surface area contributed by atoms with Gasteiger partial charge in [0.15, 0.2) is 0 Å². The zero-order valence-corrected chi connectivity index (χ0v) is 17.6. The summed E-state index contributed by atoms with van der Waals surface area (Å²) in [6, 6.07) is 15.0. The predicted octanol–water partition coefficient (Wildman–Crippen LogP) is 4.65. The van der Waals surface area contributed by atoms with Gasteiger partial charge in [0, 0.05) is 18.0 Å². The molecule has 0 unspecified atom stereocenters. The molecule has 0 aliphatic heterocycles. The lowest BCUT2D eigenvalue weighted by Crippen LogP contribution is -2.39. The molecule has 0 radical (unpaired) electrons. The van der Waals surface area contributed by atoms with Crippen LogP contribution in [-0.4, -0.2) is 27.9 Å². The van der Waals surface area contributed by atoms with E-state index in [-0.39, 0.29) is 24.2 Å². The molecule has 0 spiro atoms. The van der Waals surface area contributed by atoms with E-state index in [0.717, 1.165) is 5.56 Å². The number of para-hydroxylation sites is 1. The molecule has 0 bridgehead atoms. The van der Waals surface area contributed by atoms with Crippen LogP contribution in [0.15, 0.2) is 60.0 Å². The Hall–Kier alpha value is -3.26. The van der Waals surface area contributed by atoms with Crippen molar-refractivity contribution in [3.8, 4) is 0 Å². The number of carbonyl (C=O) groups excluding carboxylic acids is 2. The molecule has 0 atom stereocenters. The molecule has 0 saturated heterocycles. The van der Waals surface area contributed by atoms with E-state index in [2.05, 4.69) is 15.6 Å². The first-order chi connectivity index (χ1) is 14.4. The highest BCUT2D eigenvalue weighted by Gasteiger charge is 2.21. The standard InChI is InChI=1S/C22H23FN4O2S/c1-15(2)27(22(29)26-18-11-7-6-10-17(18)23)13-20-25-19(14-30-20)21(28)24-12-16-8-4-3-5-9-16/h3-11,14-15H,12-13H2,1-2H3,(H,24,28)(H,26,29). The Balaban J connectivity index is 1.62. The Kier molecular flexibility index (Phi) is 7.13. The fourth-order valence-corrected chi connectivity index (χ4v) is 3.51. The summed E-state index contributed by atoms with van der Waals surface area (Å²) in [4.78, 5) is 30.9. The molecule has 2 N–H and O–H groups in total. The summed E-state index contributed by atoms with van der Waals surface area (Å²) < 4.78 is 13.8. The summed E-state index contributed by atoms with van der Waals surface area (Å²) in [7, 11) is 0. The second-order valence-corrected chi connectivity index (χ2v) is 7.87.